The van der Waals surface area contributed by atoms with E-state index in [1.165, 1.54) is 0 Å². The van der Waals surface area contributed by atoms with Crippen molar-refractivity contribution in [1.82, 2.24) is 24.4 Å². The van der Waals surface area contributed by atoms with Crippen molar-refractivity contribution in [2.24, 2.45) is 0 Å². The van der Waals surface area contributed by atoms with E-state index in [9.17, 15) is 53.1 Å². The number of hydrogen-bond donors (Lipinski definition) is 1. The summed E-state index contributed by atoms with van der Waals surface area (Å²) in [5.74, 6) is -18.8. The number of aromatic nitrogens is 5. The Morgan fingerprint density at radius 1 is 0.791 bits per heavy atom. The number of nitrogens with one attached hydrogen (secondary N) is 1. The van der Waals surface area contributed by atoms with E-state index in [-0.39, 0.29) is 15.9 Å². The van der Waals surface area contributed by atoms with Gasteiger partial charge in [-0.3, -0.25) is 9.48 Å². The van der Waals surface area contributed by atoms with Crippen molar-refractivity contribution in [3.05, 3.63) is 101 Å². The highest BCUT2D eigenvalue weighted by atomic mass is 19.4. The number of carbonyl (C=O) groups excluding carboxylic acids is 1. The number of amides is 1. The number of nitrogens with zero attached hydrogens (tertiary/aromatic N) is 5. The third-order valence-electron chi connectivity index (χ3n) is 5.98. The van der Waals surface area contributed by atoms with E-state index in [1.54, 1.807) is 0 Å². The maximum Gasteiger partial charge on any atom is 0.459 e. The summed E-state index contributed by atoms with van der Waals surface area (Å²) in [6, 6.07) is 6.17. The summed E-state index contributed by atoms with van der Waals surface area (Å²) in [6.45, 7) is -0.970. The lowest BCUT2D eigenvalue weighted by Crippen LogP contribution is -2.36. The predicted molar refractivity (Wildman–Crippen MR) is 124 cm³/mol. The quantitative estimate of drug-likeness (QED) is 0.136. The number of rotatable bonds is 6. The van der Waals surface area contributed by atoms with Crippen molar-refractivity contribution in [1.29, 1.82) is 0 Å². The molecule has 7 nitrogen and oxygen atoms in total. The lowest BCUT2D eigenvalue weighted by atomic mass is 10.1. The predicted octanol–water partition coefficient (Wildman–Crippen LogP) is 6.38. The van der Waals surface area contributed by atoms with Gasteiger partial charge in [0.2, 0.25) is 5.82 Å². The summed E-state index contributed by atoms with van der Waals surface area (Å²) in [7, 11) is 0. The maximum absolute atomic E-state index is 14.5. The number of fused-ring (bicyclic) bond motifs is 1. The molecule has 43 heavy (non-hydrogen) atoms. The molecule has 0 unspecified atom stereocenters. The molecule has 3 aromatic heterocycles. The number of benzene rings is 2. The summed E-state index contributed by atoms with van der Waals surface area (Å²) >= 11 is 0. The third-order valence-corrected chi connectivity index (χ3v) is 5.98. The normalized spacial score (nSPS) is 12.3. The number of alkyl halides is 5. The second-order valence-electron chi connectivity index (χ2n) is 8.81. The monoisotopic (exact) mass is 620 g/mol. The first-order chi connectivity index (χ1) is 20.1. The van der Waals surface area contributed by atoms with Crippen LogP contribution < -0.4 is 5.32 Å². The van der Waals surface area contributed by atoms with Crippen LogP contribution in [0.1, 0.15) is 21.7 Å². The minimum atomic E-state index is -6.09. The van der Waals surface area contributed by atoms with Crippen LogP contribution in [0, 0.1) is 34.9 Å². The van der Waals surface area contributed by atoms with Gasteiger partial charge in [0.05, 0.1) is 17.8 Å². The molecular formula is C25H11F11N6O. The second-order valence-corrected chi connectivity index (χ2v) is 8.81. The van der Waals surface area contributed by atoms with Crippen LogP contribution in [0.25, 0.3) is 16.9 Å². The fourth-order valence-corrected chi connectivity index (χ4v) is 3.87. The molecule has 0 aliphatic heterocycles. The fraction of sp³-hybridized carbons (Fsp3) is 0.120. The SMILES string of the molecule is O=C(Nc1ccn(Cc2c(F)c(F)c(F)c(F)c2F)n1)c1cc2nc(-c3ccc(F)cc3)cc(C(F)(F)C(F)(F)F)n2n1. The Labute approximate surface area is 231 Å². The molecular weight excluding hydrogens is 609 g/mol. The standard InChI is InChI=1S/C25H11F11N6O/c26-11-3-1-10(2-4-11)13-7-15(24(32,33)25(34,35)36)42-17(37-13)8-14(39-42)23(43)38-16-5-6-41(40-16)9-12-18(27)20(29)22(31)21(30)19(12)28/h1-8H,9H2,(H,38,40,43). The summed E-state index contributed by atoms with van der Waals surface area (Å²) < 4.78 is 151. The summed E-state index contributed by atoms with van der Waals surface area (Å²) in [4.78, 5) is 16.7. The largest absolute Gasteiger partial charge is 0.459 e. The van der Waals surface area contributed by atoms with Crippen LogP contribution in [0.4, 0.5) is 54.1 Å². The van der Waals surface area contributed by atoms with E-state index < -0.39 is 87.7 Å². The average Bonchev–Trinajstić information content (AvgIpc) is 3.59. The molecule has 3 heterocycles. The van der Waals surface area contributed by atoms with Crippen LogP contribution in [0.3, 0.4) is 0 Å². The van der Waals surface area contributed by atoms with Gasteiger partial charge in [-0.1, -0.05) is 0 Å². The molecule has 18 heteroatoms. The molecule has 0 aliphatic rings. The minimum absolute atomic E-state index is 0.0327. The molecule has 0 fully saturated rings. The van der Waals surface area contributed by atoms with Crippen molar-refractivity contribution < 1.29 is 53.1 Å². The Hall–Kier alpha value is -5.03. The molecule has 0 aliphatic carbocycles. The molecule has 0 saturated carbocycles. The summed E-state index contributed by atoms with van der Waals surface area (Å²) in [5, 5.41) is 9.32. The Bertz CT molecular complexity index is 1850. The lowest BCUT2D eigenvalue weighted by Gasteiger charge is -2.21. The van der Waals surface area contributed by atoms with E-state index in [1.807, 2.05) is 0 Å². The Morgan fingerprint density at radius 3 is 2.00 bits per heavy atom. The van der Waals surface area contributed by atoms with Crippen LogP contribution in [-0.2, 0) is 12.5 Å². The van der Waals surface area contributed by atoms with Gasteiger partial charge < -0.3 is 5.32 Å². The van der Waals surface area contributed by atoms with Crippen LogP contribution >= 0.6 is 0 Å². The van der Waals surface area contributed by atoms with Gasteiger partial charge in [-0.05, 0) is 30.3 Å². The molecule has 5 aromatic rings. The van der Waals surface area contributed by atoms with Crippen LogP contribution in [0.15, 0.2) is 48.7 Å². The zero-order valence-corrected chi connectivity index (χ0v) is 20.6. The van der Waals surface area contributed by atoms with E-state index >= 15 is 0 Å². The van der Waals surface area contributed by atoms with E-state index in [2.05, 4.69) is 20.5 Å². The van der Waals surface area contributed by atoms with Crippen molar-refractivity contribution in [3.8, 4) is 11.3 Å². The first kappa shape index (κ1) is 29.5. The van der Waals surface area contributed by atoms with E-state index in [0.717, 1.165) is 42.6 Å². The van der Waals surface area contributed by atoms with Gasteiger partial charge in [0.1, 0.15) is 11.5 Å². The molecule has 0 saturated heterocycles. The zero-order valence-electron chi connectivity index (χ0n) is 20.6. The fourth-order valence-electron chi connectivity index (χ4n) is 3.87. The number of halogens is 11. The highest BCUT2D eigenvalue weighted by Crippen LogP contribution is 2.44. The van der Waals surface area contributed by atoms with Gasteiger partial charge in [0, 0.05) is 23.9 Å². The topological polar surface area (TPSA) is 77.1 Å². The van der Waals surface area contributed by atoms with E-state index in [0.29, 0.717) is 10.7 Å². The molecule has 1 N–H and O–H groups in total. The third kappa shape index (κ3) is 5.23. The Balaban J connectivity index is 1.47. The van der Waals surface area contributed by atoms with Gasteiger partial charge in [-0.2, -0.15) is 32.1 Å². The molecule has 1 amide bonds. The highest BCUT2D eigenvalue weighted by Gasteiger charge is 2.60. The Morgan fingerprint density at radius 2 is 1.40 bits per heavy atom. The van der Waals surface area contributed by atoms with Crippen molar-refractivity contribution >= 4 is 17.4 Å². The summed E-state index contributed by atoms with van der Waals surface area (Å²) in [5.41, 5.74) is -4.76. The van der Waals surface area contributed by atoms with Crippen molar-refractivity contribution in [2.75, 3.05) is 5.32 Å². The first-order valence-corrected chi connectivity index (χ1v) is 11.6. The molecule has 224 valence electrons. The smallest absolute Gasteiger partial charge is 0.304 e. The minimum Gasteiger partial charge on any atom is -0.304 e. The summed E-state index contributed by atoms with van der Waals surface area (Å²) in [6.07, 6.45) is -5.10. The zero-order chi connectivity index (χ0) is 31.4. The van der Waals surface area contributed by atoms with Gasteiger partial charge in [-0.15, -0.1) is 0 Å². The van der Waals surface area contributed by atoms with Crippen LogP contribution in [-0.4, -0.2) is 36.5 Å². The van der Waals surface area contributed by atoms with Gasteiger partial charge >= 0.3 is 12.1 Å². The van der Waals surface area contributed by atoms with Crippen LogP contribution in [0.5, 0.6) is 0 Å². The second kappa shape index (κ2) is 10.4. The van der Waals surface area contributed by atoms with Crippen molar-refractivity contribution in [2.45, 2.75) is 18.6 Å². The number of anilines is 1. The van der Waals surface area contributed by atoms with Gasteiger partial charge in [-0.25, -0.2) is 35.8 Å². The first-order valence-electron chi connectivity index (χ1n) is 11.6. The molecule has 0 atom stereocenters. The maximum atomic E-state index is 14.5. The molecule has 0 radical (unpaired) electrons. The average molecular weight is 620 g/mol. The number of hydrogen-bond acceptors (Lipinski definition) is 4. The number of carbonyl (C=O) groups is 1. The van der Waals surface area contributed by atoms with Crippen molar-refractivity contribution in [3.63, 3.8) is 0 Å². The highest BCUT2D eigenvalue weighted by molar-refractivity contribution is 6.03. The van der Waals surface area contributed by atoms with Gasteiger partial charge in [0.25, 0.3) is 5.91 Å². The molecule has 0 bridgehead atoms. The molecule has 0 spiro atoms. The molecule has 5 rings (SSSR count). The lowest BCUT2D eigenvalue weighted by molar-refractivity contribution is -0.291. The molecule has 2 aromatic carbocycles. The Kier molecular flexibility index (Phi) is 7.09. The van der Waals surface area contributed by atoms with Gasteiger partial charge in [0.15, 0.2) is 40.4 Å². The van der Waals surface area contributed by atoms with E-state index in [4.69, 9.17) is 0 Å². The van der Waals surface area contributed by atoms with Crippen LogP contribution in [0.2, 0.25) is 0 Å².